The highest BCUT2D eigenvalue weighted by molar-refractivity contribution is 9.09. The molecule has 7 aliphatic heterocycles. The summed E-state index contributed by atoms with van der Waals surface area (Å²) in [4.78, 5) is 78.3. The van der Waals surface area contributed by atoms with Gasteiger partial charge >= 0.3 is 5.97 Å². The molecule has 8 unspecified atom stereocenters. The summed E-state index contributed by atoms with van der Waals surface area (Å²) in [6.45, 7) is 4.20. The van der Waals surface area contributed by atoms with Gasteiger partial charge in [-0.15, -0.1) is 0 Å². The number of likely N-dealkylation sites (tertiary alicyclic amines) is 1. The summed E-state index contributed by atoms with van der Waals surface area (Å²) in [5.41, 5.74) is 0. The van der Waals surface area contributed by atoms with Crippen molar-refractivity contribution in [2.24, 2.45) is 23.7 Å². The fraction of sp³-hybridized carbons (Fsp3) is 0.541. The minimum Gasteiger partial charge on any atom is -0.466 e. The minimum absolute atomic E-state index is 0.0357. The van der Waals surface area contributed by atoms with Crippen LogP contribution in [0.15, 0.2) is 54.9 Å². The van der Waals surface area contributed by atoms with Crippen LogP contribution in [0.2, 0.25) is 0 Å². The summed E-state index contributed by atoms with van der Waals surface area (Å²) >= 11 is 10.0. The summed E-state index contributed by atoms with van der Waals surface area (Å²) in [6, 6.07) is 0. The normalized spacial score (nSPS) is 29.0. The number of carbonyl (C=O) groups excluding carboxylic acids is 7. The van der Waals surface area contributed by atoms with E-state index in [1.807, 2.05) is 24.3 Å². The molecule has 4 fully saturated rings. The maximum absolute atomic E-state index is 12.2. The number of halogens is 3. The third-order valence-electron chi connectivity index (χ3n) is 8.57. The van der Waals surface area contributed by atoms with Crippen LogP contribution in [0.3, 0.4) is 0 Å². The van der Waals surface area contributed by atoms with Crippen LogP contribution in [0, 0.1) is 29.9 Å². The Bertz CT molecular complexity index is 1410. The number of allylic oxidation sites excluding steroid dienone is 4. The van der Waals surface area contributed by atoms with E-state index in [0.717, 1.165) is 28.8 Å². The standard InChI is InChI=1S/C12H14BrNO3.C8H7NO3.C5H4O2.C4H8Br2.C4H8O2.C4H3O/c13-5-1-2-6-14-11(15)9-7-3-4-8(17-7)10(9)12(14)16;10-7-5-3-1-2-4(12-3)6(5)8(11)9-7;6-4-1-2-5(7)3-4;5-3-1-2-4-6;1-3-6-4(2)5;1-2-4-5-3-1/h3-4,7-10H,1-2,5-6H2;1-6H,(H,9,10,11);1-2H,3H2;1-4H2;3H2,1-2H3;1-3H/q;;;;;+1. The number of rotatable bonds is 8. The molecule has 8 aliphatic rings. The second-order valence-electron chi connectivity index (χ2n) is 12.3. The number of ether oxygens (including phenoxy) is 4. The zero-order valence-electron chi connectivity index (χ0n) is 29.5. The average Bonchev–Trinajstić information content (AvgIpc) is 3.99. The SMILES string of the molecule is BrCCCCBr.CCOC(C)=O.O=C1C2C3C=CC(O3)C2C(=O)N1CCCCBr.O=C1C=CC(=O)C1.O=C1NC(=O)C2C3C=CC(O3)C12.[C+]1=CC=CO1. The third-order valence-corrected chi connectivity index (χ3v) is 10.2. The number of esters is 1. The number of carbonyl (C=O) groups is 7. The minimum atomic E-state index is -0.257. The highest BCUT2D eigenvalue weighted by atomic mass is 79.9. The predicted molar refractivity (Wildman–Crippen MR) is 203 cm³/mol. The van der Waals surface area contributed by atoms with Gasteiger partial charge < -0.3 is 14.2 Å². The van der Waals surface area contributed by atoms with E-state index in [4.69, 9.17) is 9.47 Å². The molecule has 0 aromatic heterocycles. The maximum Gasteiger partial charge on any atom is 0.302 e. The largest absolute Gasteiger partial charge is 0.466 e. The first-order chi connectivity index (χ1) is 25.5. The van der Waals surface area contributed by atoms with Crippen molar-refractivity contribution in [3.63, 3.8) is 0 Å². The van der Waals surface area contributed by atoms with Crippen LogP contribution < -0.4 is 5.32 Å². The molecule has 8 rings (SSSR count). The van der Waals surface area contributed by atoms with Crippen LogP contribution in [0.1, 0.15) is 46.0 Å². The Labute approximate surface area is 334 Å². The lowest BCUT2D eigenvalue weighted by atomic mass is 9.85. The van der Waals surface area contributed by atoms with E-state index >= 15 is 0 Å². The average molecular weight is 932 g/mol. The number of fused-ring (bicyclic) bond motifs is 10. The maximum atomic E-state index is 12.2. The molecule has 7 heterocycles. The van der Waals surface area contributed by atoms with Crippen molar-refractivity contribution in [2.45, 2.75) is 70.4 Å². The molecule has 0 saturated carbocycles. The summed E-state index contributed by atoms with van der Waals surface area (Å²) in [5, 5.41) is 5.51. The fourth-order valence-electron chi connectivity index (χ4n) is 6.24. The van der Waals surface area contributed by atoms with Gasteiger partial charge in [0, 0.05) is 29.5 Å². The smallest absolute Gasteiger partial charge is 0.302 e. The molecule has 1 N–H and O–H groups in total. The van der Waals surface area contributed by atoms with Crippen LogP contribution >= 0.6 is 47.8 Å². The topological polar surface area (TPSA) is 172 Å². The first-order valence-electron chi connectivity index (χ1n) is 17.3. The van der Waals surface area contributed by atoms with Gasteiger partial charge in [-0.05, 0) is 44.8 Å². The highest BCUT2D eigenvalue weighted by Crippen LogP contribution is 2.45. The quantitative estimate of drug-likeness (QED) is 0.0698. The second-order valence-corrected chi connectivity index (χ2v) is 14.6. The van der Waals surface area contributed by atoms with E-state index < -0.39 is 0 Å². The van der Waals surface area contributed by atoms with Gasteiger partial charge in [0.2, 0.25) is 29.9 Å². The molecule has 4 bridgehead atoms. The number of nitrogens with one attached hydrogen (secondary N) is 1. The highest BCUT2D eigenvalue weighted by Gasteiger charge is 2.60. The summed E-state index contributed by atoms with van der Waals surface area (Å²) in [5.74, 6) is -1.81. The number of unbranched alkanes of at least 4 members (excludes halogenated alkanes) is 2. The van der Waals surface area contributed by atoms with Crippen molar-refractivity contribution in [1.29, 1.82) is 0 Å². The molecular weight excluding hydrogens is 888 g/mol. The fourth-order valence-corrected chi connectivity index (χ4v) is 7.43. The first kappa shape index (κ1) is 44.3. The molecule has 0 aromatic rings. The van der Waals surface area contributed by atoms with Crippen molar-refractivity contribution < 1.29 is 52.5 Å². The monoisotopic (exact) mass is 929 g/mol. The van der Waals surface area contributed by atoms with Crippen molar-refractivity contribution in [3.8, 4) is 0 Å². The van der Waals surface area contributed by atoms with Crippen molar-refractivity contribution in [3.05, 3.63) is 61.1 Å². The number of ketones is 2. The Morgan fingerprint density at radius 2 is 1.23 bits per heavy atom. The van der Waals surface area contributed by atoms with Crippen LogP contribution in [-0.2, 0) is 52.5 Å². The molecule has 0 radical (unpaired) electrons. The van der Waals surface area contributed by atoms with Gasteiger partial charge in [0.05, 0.1) is 61.1 Å². The van der Waals surface area contributed by atoms with E-state index in [-0.39, 0.29) is 95.7 Å². The van der Waals surface area contributed by atoms with Crippen LogP contribution in [-0.4, -0.2) is 99.6 Å². The number of amides is 4. The molecule has 0 spiro atoms. The lowest BCUT2D eigenvalue weighted by Crippen LogP contribution is -2.35. The Hall–Kier alpha value is -3.14. The first-order valence-corrected chi connectivity index (χ1v) is 20.7. The lowest BCUT2D eigenvalue weighted by Gasteiger charge is -2.16. The Morgan fingerprint density at radius 3 is 1.53 bits per heavy atom. The zero-order chi connectivity index (χ0) is 38.9. The van der Waals surface area contributed by atoms with E-state index in [9.17, 15) is 33.6 Å². The van der Waals surface area contributed by atoms with Crippen LogP contribution in [0.5, 0.6) is 0 Å². The second kappa shape index (κ2) is 22.9. The Kier molecular flexibility index (Phi) is 19.1. The Balaban J connectivity index is 0.000000184. The molecule has 288 valence electrons. The molecule has 1 aliphatic carbocycles. The van der Waals surface area contributed by atoms with Crippen molar-refractivity contribution in [1.82, 2.24) is 10.2 Å². The number of hydrogen-bond acceptors (Lipinski definition) is 11. The summed E-state index contributed by atoms with van der Waals surface area (Å²) < 4.78 is 19.8. The summed E-state index contributed by atoms with van der Waals surface area (Å²) in [6.07, 6.45) is 21.6. The molecular formula is C37H44Br3N2O11+. The third kappa shape index (κ3) is 12.7. The van der Waals surface area contributed by atoms with Gasteiger partial charge in [0.25, 0.3) is 6.26 Å². The van der Waals surface area contributed by atoms with Crippen molar-refractivity contribution in [2.75, 3.05) is 29.1 Å². The number of imide groups is 2. The van der Waals surface area contributed by atoms with E-state index in [2.05, 4.69) is 68.8 Å². The van der Waals surface area contributed by atoms with Gasteiger partial charge in [-0.2, -0.15) is 0 Å². The molecule has 16 heteroatoms. The summed E-state index contributed by atoms with van der Waals surface area (Å²) in [7, 11) is 0. The molecule has 53 heavy (non-hydrogen) atoms. The Morgan fingerprint density at radius 1 is 0.774 bits per heavy atom. The number of hydrogen-bond donors (Lipinski definition) is 1. The van der Waals surface area contributed by atoms with E-state index in [0.29, 0.717) is 13.2 Å². The molecule has 4 saturated heterocycles. The molecule has 0 aromatic carbocycles. The molecule has 13 nitrogen and oxygen atoms in total. The van der Waals surface area contributed by atoms with Crippen molar-refractivity contribution >= 4 is 89.0 Å². The molecule has 8 atom stereocenters. The van der Waals surface area contributed by atoms with Gasteiger partial charge in [-0.25, -0.2) is 0 Å². The zero-order valence-corrected chi connectivity index (χ0v) is 34.2. The van der Waals surface area contributed by atoms with E-state index in [1.54, 1.807) is 25.3 Å². The number of nitrogens with zero attached hydrogens (tertiary/aromatic N) is 1. The van der Waals surface area contributed by atoms with Crippen LogP contribution in [0.25, 0.3) is 0 Å². The number of alkyl halides is 3. The van der Waals surface area contributed by atoms with Crippen LogP contribution in [0.4, 0.5) is 0 Å². The molecule has 4 amide bonds. The van der Waals surface area contributed by atoms with Gasteiger partial charge in [-0.3, -0.25) is 48.5 Å². The predicted octanol–water partition coefficient (Wildman–Crippen LogP) is 4.37. The van der Waals surface area contributed by atoms with Gasteiger partial charge in [0.15, 0.2) is 17.6 Å². The lowest BCUT2D eigenvalue weighted by molar-refractivity contribution is -0.143. The van der Waals surface area contributed by atoms with Gasteiger partial charge in [0.1, 0.15) is 6.08 Å². The van der Waals surface area contributed by atoms with Gasteiger partial charge in [-0.1, -0.05) is 72.1 Å². The van der Waals surface area contributed by atoms with E-state index in [1.165, 1.54) is 36.8 Å².